The van der Waals surface area contributed by atoms with Gasteiger partial charge in [0.15, 0.2) is 5.78 Å². The molecule has 0 spiro atoms. The van der Waals surface area contributed by atoms with Crippen molar-refractivity contribution >= 4 is 5.78 Å². The minimum atomic E-state index is -0.472. The summed E-state index contributed by atoms with van der Waals surface area (Å²) in [7, 11) is 0. The van der Waals surface area contributed by atoms with Crippen LogP contribution >= 0.6 is 0 Å². The number of carbonyl (C=O) groups excluding carboxylic acids is 1. The molecule has 2 aliphatic heterocycles. The summed E-state index contributed by atoms with van der Waals surface area (Å²) in [5, 5.41) is 12.6. The van der Waals surface area contributed by atoms with Crippen LogP contribution in [0.4, 0.5) is 4.39 Å². The third kappa shape index (κ3) is 2.46. The molecule has 2 bridgehead atoms. The van der Waals surface area contributed by atoms with Crippen LogP contribution in [0.5, 0.6) is 0 Å². The van der Waals surface area contributed by atoms with Gasteiger partial charge >= 0.3 is 0 Å². The lowest BCUT2D eigenvalue weighted by Crippen LogP contribution is -2.50. The number of rotatable bonds is 2. The molecule has 0 aliphatic carbocycles. The highest BCUT2D eigenvalue weighted by Gasteiger charge is 2.35. The van der Waals surface area contributed by atoms with Crippen LogP contribution < -0.4 is 5.32 Å². The Bertz CT molecular complexity index is 566. The number of fused-ring (bicyclic) bond motifs is 2. The Morgan fingerprint density at radius 2 is 2.00 bits per heavy atom. The molecule has 0 aromatic heterocycles. The lowest BCUT2D eigenvalue weighted by Gasteiger charge is -2.39. The van der Waals surface area contributed by atoms with Crippen LogP contribution in [0.15, 0.2) is 18.2 Å². The molecule has 3 nitrogen and oxygen atoms in total. The third-order valence-electron chi connectivity index (χ3n) is 4.45. The number of carbonyl (C=O) groups is 1. The summed E-state index contributed by atoms with van der Waals surface area (Å²) in [6, 6.07) is 6.63. The molecule has 2 atom stereocenters. The topological polar surface area (TPSA) is 52.9 Å². The predicted molar refractivity (Wildman–Crippen MR) is 72.7 cm³/mol. The van der Waals surface area contributed by atoms with Crippen LogP contribution in [0, 0.1) is 23.1 Å². The van der Waals surface area contributed by atoms with Gasteiger partial charge in [0, 0.05) is 23.6 Å². The van der Waals surface area contributed by atoms with E-state index in [-0.39, 0.29) is 17.3 Å². The van der Waals surface area contributed by atoms with Gasteiger partial charge in [-0.25, -0.2) is 4.39 Å². The van der Waals surface area contributed by atoms with Crippen LogP contribution in [0.3, 0.4) is 0 Å². The second-order valence-corrected chi connectivity index (χ2v) is 5.83. The number of nitriles is 1. The van der Waals surface area contributed by atoms with E-state index in [1.165, 1.54) is 18.6 Å². The summed E-state index contributed by atoms with van der Waals surface area (Å²) < 4.78 is 13.2. The summed E-state index contributed by atoms with van der Waals surface area (Å²) in [5.74, 6) is -0.510. The average Bonchev–Trinajstić information content (AvgIpc) is 2.46. The molecule has 2 aliphatic rings. The maximum atomic E-state index is 13.2. The fourth-order valence-corrected chi connectivity index (χ4v) is 3.52. The van der Waals surface area contributed by atoms with Gasteiger partial charge in [-0.2, -0.15) is 5.26 Å². The van der Waals surface area contributed by atoms with Crippen LogP contribution in [-0.2, 0) is 0 Å². The van der Waals surface area contributed by atoms with Gasteiger partial charge in [-0.15, -0.1) is 0 Å². The van der Waals surface area contributed by atoms with Crippen molar-refractivity contribution in [3.05, 3.63) is 35.1 Å². The summed E-state index contributed by atoms with van der Waals surface area (Å²) in [4.78, 5) is 12.6. The van der Waals surface area contributed by atoms with Gasteiger partial charge in [0.25, 0.3) is 0 Å². The molecule has 1 N–H and O–H groups in total. The summed E-state index contributed by atoms with van der Waals surface area (Å²) >= 11 is 0. The van der Waals surface area contributed by atoms with Crippen LogP contribution in [0.25, 0.3) is 0 Å². The minimum absolute atomic E-state index is 0.0000463. The summed E-state index contributed by atoms with van der Waals surface area (Å²) in [6.45, 7) is 0. The van der Waals surface area contributed by atoms with Crippen LogP contribution in [0.1, 0.15) is 48.0 Å². The standard InChI is InChI=1S/C16H17FN2O/c17-12-4-5-15(11(6-12)9-18)16(20)10-7-13-2-1-3-14(8-10)19-13/h4-6,10,13-14,19H,1-3,7-8H2. The Hall–Kier alpha value is -1.73. The van der Waals surface area contributed by atoms with E-state index in [0.717, 1.165) is 31.7 Å². The number of hydrogen-bond donors (Lipinski definition) is 1. The van der Waals surface area contributed by atoms with Crippen molar-refractivity contribution in [1.82, 2.24) is 5.32 Å². The number of benzene rings is 1. The molecule has 20 heavy (non-hydrogen) atoms. The van der Waals surface area contributed by atoms with Gasteiger partial charge < -0.3 is 5.32 Å². The van der Waals surface area contributed by atoms with Crippen molar-refractivity contribution in [2.75, 3.05) is 0 Å². The summed E-state index contributed by atoms with van der Waals surface area (Å²) in [5.41, 5.74) is 0.526. The number of halogens is 1. The van der Waals surface area contributed by atoms with E-state index in [4.69, 9.17) is 5.26 Å². The number of hydrogen-bond acceptors (Lipinski definition) is 3. The smallest absolute Gasteiger partial charge is 0.167 e. The van der Waals surface area contributed by atoms with Crippen molar-refractivity contribution in [2.24, 2.45) is 5.92 Å². The predicted octanol–water partition coefficient (Wildman–Crippen LogP) is 2.80. The first-order valence-electron chi connectivity index (χ1n) is 7.17. The highest BCUT2D eigenvalue weighted by molar-refractivity contribution is 6.00. The molecule has 1 aromatic rings. The zero-order valence-corrected chi connectivity index (χ0v) is 11.2. The van der Waals surface area contributed by atoms with Gasteiger partial charge in [-0.3, -0.25) is 4.79 Å². The van der Waals surface area contributed by atoms with E-state index in [0.29, 0.717) is 17.6 Å². The first kappa shape index (κ1) is 13.3. The molecule has 3 rings (SSSR count). The van der Waals surface area contributed by atoms with Crippen molar-refractivity contribution in [1.29, 1.82) is 5.26 Å². The average molecular weight is 272 g/mol. The Labute approximate surface area is 117 Å². The second kappa shape index (κ2) is 5.34. The van der Waals surface area contributed by atoms with E-state index in [1.807, 2.05) is 6.07 Å². The maximum Gasteiger partial charge on any atom is 0.167 e. The third-order valence-corrected chi connectivity index (χ3v) is 4.45. The quantitative estimate of drug-likeness (QED) is 0.842. The monoisotopic (exact) mass is 272 g/mol. The lowest BCUT2D eigenvalue weighted by molar-refractivity contribution is 0.0825. The maximum absolute atomic E-state index is 13.2. The Kier molecular flexibility index (Phi) is 3.54. The van der Waals surface area contributed by atoms with E-state index in [2.05, 4.69) is 5.32 Å². The molecule has 0 radical (unpaired) electrons. The van der Waals surface area contributed by atoms with Gasteiger partial charge in [0.2, 0.25) is 0 Å². The van der Waals surface area contributed by atoms with Crippen molar-refractivity contribution < 1.29 is 9.18 Å². The zero-order valence-electron chi connectivity index (χ0n) is 11.2. The Morgan fingerprint density at radius 3 is 2.65 bits per heavy atom. The second-order valence-electron chi connectivity index (χ2n) is 5.83. The number of nitrogens with one attached hydrogen (secondary N) is 1. The molecule has 2 unspecified atom stereocenters. The Balaban J connectivity index is 1.84. The molecule has 1 aromatic carbocycles. The van der Waals surface area contributed by atoms with E-state index in [1.54, 1.807) is 0 Å². The van der Waals surface area contributed by atoms with Gasteiger partial charge in [0.05, 0.1) is 11.6 Å². The molecule has 0 saturated carbocycles. The molecule has 2 fully saturated rings. The first-order valence-corrected chi connectivity index (χ1v) is 7.17. The number of Topliss-reactive ketones (excluding diaryl/α,β-unsaturated/α-hetero) is 1. The van der Waals surface area contributed by atoms with Crippen molar-refractivity contribution in [2.45, 2.75) is 44.2 Å². The van der Waals surface area contributed by atoms with Gasteiger partial charge in [-0.1, -0.05) is 6.42 Å². The number of ketones is 1. The zero-order chi connectivity index (χ0) is 14.1. The van der Waals surface area contributed by atoms with Crippen molar-refractivity contribution in [3.8, 4) is 6.07 Å². The number of nitrogens with zero attached hydrogens (tertiary/aromatic N) is 1. The molecule has 4 heteroatoms. The molecular formula is C16H17FN2O. The molecular weight excluding hydrogens is 255 g/mol. The van der Waals surface area contributed by atoms with E-state index in [9.17, 15) is 9.18 Å². The highest BCUT2D eigenvalue weighted by atomic mass is 19.1. The van der Waals surface area contributed by atoms with Crippen molar-refractivity contribution in [3.63, 3.8) is 0 Å². The van der Waals surface area contributed by atoms with E-state index < -0.39 is 5.82 Å². The Morgan fingerprint density at radius 1 is 1.30 bits per heavy atom. The fraction of sp³-hybridized carbons (Fsp3) is 0.500. The fourth-order valence-electron chi connectivity index (χ4n) is 3.52. The molecule has 0 amide bonds. The first-order chi connectivity index (χ1) is 9.67. The van der Waals surface area contributed by atoms with Gasteiger partial charge in [-0.05, 0) is 43.9 Å². The lowest BCUT2D eigenvalue weighted by atomic mass is 9.77. The SMILES string of the molecule is N#Cc1cc(F)ccc1C(=O)C1CC2CCCC(C1)N2. The minimum Gasteiger partial charge on any atom is -0.311 e. The summed E-state index contributed by atoms with van der Waals surface area (Å²) in [6.07, 6.45) is 5.13. The van der Waals surface area contributed by atoms with Crippen LogP contribution in [0.2, 0.25) is 0 Å². The normalized spacial score (nSPS) is 28.7. The molecule has 104 valence electrons. The molecule has 2 heterocycles. The molecule has 2 saturated heterocycles. The highest BCUT2D eigenvalue weighted by Crippen LogP contribution is 2.32. The number of piperidine rings is 2. The largest absolute Gasteiger partial charge is 0.311 e. The van der Waals surface area contributed by atoms with Gasteiger partial charge in [0.1, 0.15) is 5.82 Å². The van der Waals surface area contributed by atoms with E-state index >= 15 is 0 Å². The van der Waals surface area contributed by atoms with Crippen LogP contribution in [-0.4, -0.2) is 17.9 Å².